The van der Waals surface area contributed by atoms with E-state index in [1.165, 1.54) is 0 Å². The molecule has 0 amide bonds. The minimum atomic E-state index is -0.837. The number of fused-ring (bicyclic) bond motifs is 1. The van der Waals surface area contributed by atoms with Crippen LogP contribution in [0.15, 0.2) is 49.8 Å². The molecule has 0 saturated heterocycles. The number of hydrogen-bond acceptors (Lipinski definition) is 6. The maximum absolute atomic E-state index is 12.4. The molecule has 1 aromatic heterocycles. The van der Waals surface area contributed by atoms with Crippen LogP contribution in [0.5, 0.6) is 5.88 Å². The zero-order valence-corrected chi connectivity index (χ0v) is 14.7. The van der Waals surface area contributed by atoms with Gasteiger partial charge in [0.2, 0.25) is 11.8 Å². The Bertz CT molecular complexity index is 975. The van der Waals surface area contributed by atoms with E-state index >= 15 is 0 Å². The number of esters is 1. The van der Waals surface area contributed by atoms with Gasteiger partial charge in [0.15, 0.2) is 0 Å². The molecule has 2 aromatic rings. The van der Waals surface area contributed by atoms with E-state index in [9.17, 15) is 14.4 Å². The first kappa shape index (κ1) is 17.0. The molecule has 0 saturated carbocycles. The second-order valence-electron chi connectivity index (χ2n) is 5.24. The Morgan fingerprint density at radius 2 is 1.96 bits per heavy atom. The van der Waals surface area contributed by atoms with Crippen molar-refractivity contribution in [3.63, 3.8) is 0 Å². The second kappa shape index (κ2) is 6.60. The van der Waals surface area contributed by atoms with Crippen LogP contribution in [-0.2, 0) is 9.53 Å². The summed E-state index contributed by atoms with van der Waals surface area (Å²) in [5, 5.41) is 0. The first-order chi connectivity index (χ1) is 11.9. The summed E-state index contributed by atoms with van der Waals surface area (Å²) in [6.07, 6.45) is 0. The third-order valence-corrected chi connectivity index (χ3v) is 4.23. The number of rotatable bonds is 3. The van der Waals surface area contributed by atoms with Gasteiger partial charge in [0.1, 0.15) is 5.57 Å². The monoisotopic (exact) mass is 407 g/mol. The lowest BCUT2D eigenvalue weighted by molar-refractivity contribution is -0.139. The number of halogens is 1. The van der Waals surface area contributed by atoms with Gasteiger partial charge in [-0.15, -0.1) is 0 Å². The molecule has 9 heteroatoms. The lowest BCUT2D eigenvalue weighted by Crippen LogP contribution is -2.35. The van der Waals surface area contributed by atoms with Gasteiger partial charge in [-0.25, -0.2) is 9.59 Å². The van der Waals surface area contributed by atoms with E-state index < -0.39 is 23.1 Å². The Morgan fingerprint density at radius 1 is 1.28 bits per heavy atom. The van der Waals surface area contributed by atoms with Crippen LogP contribution in [0.4, 0.5) is 0 Å². The van der Waals surface area contributed by atoms with Gasteiger partial charge in [-0.1, -0.05) is 28.1 Å². The van der Waals surface area contributed by atoms with Gasteiger partial charge >= 0.3 is 11.7 Å². The van der Waals surface area contributed by atoms with E-state index in [-0.39, 0.29) is 29.5 Å². The van der Waals surface area contributed by atoms with E-state index in [2.05, 4.69) is 25.9 Å². The maximum atomic E-state index is 12.4. The Labute approximate surface area is 149 Å². The SMILES string of the molecule is CCOC(=O)C1=C(N)Oc2[nH]c(=O)[nH]c(=O)c2[C@H]1c1ccc(Br)cc1. The summed E-state index contributed by atoms with van der Waals surface area (Å²) < 4.78 is 11.2. The van der Waals surface area contributed by atoms with Crippen molar-refractivity contribution in [2.24, 2.45) is 5.73 Å². The average molecular weight is 408 g/mol. The number of benzene rings is 1. The fourth-order valence-electron chi connectivity index (χ4n) is 2.69. The van der Waals surface area contributed by atoms with Crippen LogP contribution in [0, 0.1) is 0 Å². The Balaban J connectivity index is 2.27. The van der Waals surface area contributed by atoms with E-state index in [1.54, 1.807) is 31.2 Å². The molecule has 3 rings (SSSR count). The van der Waals surface area contributed by atoms with E-state index in [0.29, 0.717) is 5.56 Å². The fourth-order valence-corrected chi connectivity index (χ4v) is 2.95. The number of hydrogen-bond donors (Lipinski definition) is 3. The molecular weight excluding hydrogens is 394 g/mol. The predicted molar refractivity (Wildman–Crippen MR) is 92.1 cm³/mol. The lowest BCUT2D eigenvalue weighted by Gasteiger charge is -2.26. The molecule has 4 N–H and O–H groups in total. The zero-order valence-electron chi connectivity index (χ0n) is 13.1. The molecule has 1 aliphatic rings. The van der Waals surface area contributed by atoms with Gasteiger partial charge in [0.05, 0.1) is 18.1 Å². The number of ether oxygens (including phenoxy) is 2. The molecule has 0 fully saturated rings. The molecule has 1 atom stereocenters. The third-order valence-electron chi connectivity index (χ3n) is 3.70. The molecule has 130 valence electrons. The van der Waals surface area contributed by atoms with Crippen LogP contribution < -0.4 is 21.7 Å². The van der Waals surface area contributed by atoms with E-state index in [4.69, 9.17) is 15.2 Å². The first-order valence-electron chi connectivity index (χ1n) is 7.39. The Morgan fingerprint density at radius 3 is 2.60 bits per heavy atom. The van der Waals surface area contributed by atoms with Crippen LogP contribution in [-0.4, -0.2) is 22.5 Å². The van der Waals surface area contributed by atoms with Gasteiger partial charge in [0.25, 0.3) is 5.56 Å². The molecule has 0 unspecified atom stereocenters. The standard InChI is InChI=1S/C16H14BrN3O5/c1-2-24-15(22)10-9(7-3-5-8(17)6-4-7)11-13(21)19-16(23)20-14(11)25-12(10)18/h3-6,9H,2,18H2,1H3,(H2,19,20,21,23)/t9-/m0/s1. The van der Waals surface area contributed by atoms with E-state index in [1.807, 2.05) is 0 Å². The normalized spacial score (nSPS) is 16.2. The van der Waals surface area contributed by atoms with Crippen molar-refractivity contribution >= 4 is 21.9 Å². The molecule has 1 aliphatic heterocycles. The average Bonchev–Trinajstić information content (AvgIpc) is 2.54. The molecule has 0 spiro atoms. The molecule has 8 nitrogen and oxygen atoms in total. The van der Waals surface area contributed by atoms with Gasteiger partial charge in [-0.3, -0.25) is 14.8 Å². The Hall–Kier alpha value is -2.81. The van der Waals surface area contributed by atoms with Gasteiger partial charge in [0, 0.05) is 4.47 Å². The fraction of sp³-hybridized carbons (Fsp3) is 0.188. The lowest BCUT2D eigenvalue weighted by atomic mass is 9.84. The molecule has 0 aliphatic carbocycles. The van der Waals surface area contributed by atoms with Crippen molar-refractivity contribution in [3.05, 3.63) is 72.2 Å². The number of aromatic nitrogens is 2. The maximum Gasteiger partial charge on any atom is 0.340 e. The second-order valence-corrected chi connectivity index (χ2v) is 6.15. The van der Waals surface area contributed by atoms with Crippen LogP contribution in [0.3, 0.4) is 0 Å². The minimum absolute atomic E-state index is 0.00854. The minimum Gasteiger partial charge on any atom is -0.462 e. The number of carbonyl (C=O) groups excluding carboxylic acids is 1. The summed E-state index contributed by atoms with van der Waals surface area (Å²) in [5.74, 6) is -1.84. The van der Waals surface area contributed by atoms with Crippen molar-refractivity contribution in [2.45, 2.75) is 12.8 Å². The Kier molecular flexibility index (Phi) is 4.49. The van der Waals surface area contributed by atoms with Crippen LogP contribution in [0.1, 0.15) is 24.0 Å². The largest absolute Gasteiger partial charge is 0.462 e. The quantitative estimate of drug-likeness (QED) is 0.653. The predicted octanol–water partition coefficient (Wildman–Crippen LogP) is 1.08. The van der Waals surface area contributed by atoms with Crippen LogP contribution in [0.25, 0.3) is 0 Å². The van der Waals surface area contributed by atoms with Crippen molar-refractivity contribution in [3.8, 4) is 5.88 Å². The van der Waals surface area contributed by atoms with Gasteiger partial charge in [-0.2, -0.15) is 0 Å². The van der Waals surface area contributed by atoms with Crippen molar-refractivity contribution in [1.29, 1.82) is 0 Å². The van der Waals surface area contributed by atoms with Crippen molar-refractivity contribution in [1.82, 2.24) is 9.97 Å². The van der Waals surface area contributed by atoms with Crippen molar-refractivity contribution < 1.29 is 14.3 Å². The van der Waals surface area contributed by atoms with Crippen molar-refractivity contribution in [2.75, 3.05) is 6.61 Å². The molecule has 0 radical (unpaired) electrons. The van der Waals surface area contributed by atoms with Gasteiger partial charge in [-0.05, 0) is 24.6 Å². The third kappa shape index (κ3) is 3.10. The van der Waals surface area contributed by atoms with Gasteiger partial charge < -0.3 is 15.2 Å². The first-order valence-corrected chi connectivity index (χ1v) is 8.18. The highest BCUT2D eigenvalue weighted by Gasteiger charge is 2.38. The number of nitrogens with one attached hydrogen (secondary N) is 2. The summed E-state index contributed by atoms with van der Waals surface area (Å²) in [7, 11) is 0. The van der Waals surface area contributed by atoms with Crippen LogP contribution in [0.2, 0.25) is 0 Å². The number of nitrogens with two attached hydrogens (primary N) is 1. The van der Waals surface area contributed by atoms with Crippen LogP contribution >= 0.6 is 15.9 Å². The molecule has 1 aromatic carbocycles. The molecule has 25 heavy (non-hydrogen) atoms. The summed E-state index contributed by atoms with van der Waals surface area (Å²) in [6.45, 7) is 1.79. The number of H-pyrrole nitrogens is 2. The summed E-state index contributed by atoms with van der Waals surface area (Å²) in [4.78, 5) is 40.9. The topological polar surface area (TPSA) is 127 Å². The summed E-state index contributed by atoms with van der Waals surface area (Å²) in [6, 6.07) is 7.01. The molecule has 2 heterocycles. The highest BCUT2D eigenvalue weighted by molar-refractivity contribution is 9.10. The number of carbonyl (C=O) groups is 1. The highest BCUT2D eigenvalue weighted by atomic mass is 79.9. The summed E-state index contributed by atoms with van der Waals surface area (Å²) >= 11 is 3.34. The molecule has 0 bridgehead atoms. The zero-order chi connectivity index (χ0) is 18.1. The number of aromatic amines is 2. The summed E-state index contributed by atoms with van der Waals surface area (Å²) in [5.41, 5.74) is 5.21. The van der Waals surface area contributed by atoms with E-state index in [0.717, 1.165) is 4.47 Å². The molecular formula is C16H14BrN3O5. The highest BCUT2D eigenvalue weighted by Crippen LogP contribution is 2.39. The smallest absolute Gasteiger partial charge is 0.340 e.